The van der Waals surface area contributed by atoms with Gasteiger partial charge in [0.05, 0.1) is 9.79 Å². The first-order chi connectivity index (χ1) is 8.64. The predicted octanol–water partition coefficient (Wildman–Crippen LogP) is 0.126. The molecule has 0 aliphatic heterocycles. The van der Waals surface area contributed by atoms with Gasteiger partial charge in [0.15, 0.2) is 0 Å². The molecule has 0 unspecified atom stereocenters. The molecule has 108 valence electrons. The monoisotopic (exact) mass is 311 g/mol. The van der Waals surface area contributed by atoms with Crippen LogP contribution < -0.4 is 10.1 Å². The van der Waals surface area contributed by atoms with Crippen molar-refractivity contribution in [2.45, 2.75) is 16.7 Å². The van der Waals surface area contributed by atoms with Gasteiger partial charge in [0, 0.05) is 12.1 Å². The Bertz CT molecular complexity index is 601. The van der Waals surface area contributed by atoms with Crippen molar-refractivity contribution in [1.29, 1.82) is 0 Å². The van der Waals surface area contributed by atoms with E-state index in [1.165, 1.54) is 0 Å². The fourth-order valence-corrected chi connectivity index (χ4v) is 2.32. The summed E-state index contributed by atoms with van der Waals surface area (Å²) in [4.78, 5) is -1.37. The van der Waals surface area contributed by atoms with E-state index in [4.69, 9.17) is 13.8 Å². The third kappa shape index (κ3) is 4.76. The summed E-state index contributed by atoms with van der Waals surface area (Å²) < 4.78 is 66.9. The van der Waals surface area contributed by atoms with Crippen molar-refractivity contribution >= 4 is 20.2 Å². The van der Waals surface area contributed by atoms with Crippen LogP contribution in [0.3, 0.4) is 0 Å². The van der Waals surface area contributed by atoms with Crippen LogP contribution in [-0.4, -0.2) is 39.2 Å². The largest absolute Gasteiger partial charge is 0.478 e. The Balaban J connectivity index is 3.25. The van der Waals surface area contributed by atoms with Crippen LogP contribution in [-0.2, 0) is 20.2 Å². The van der Waals surface area contributed by atoms with Crippen molar-refractivity contribution in [3.8, 4) is 5.75 Å². The van der Waals surface area contributed by atoms with Crippen molar-refractivity contribution in [2.75, 3.05) is 13.3 Å². The zero-order valence-electron chi connectivity index (χ0n) is 9.90. The smallest absolute Gasteiger partial charge is 0.294 e. The summed E-state index contributed by atoms with van der Waals surface area (Å²) in [5.41, 5.74) is 0. The summed E-state index contributed by atoms with van der Waals surface area (Å²) in [6.45, 7) is 2.40. The molecule has 0 saturated carbocycles. The normalized spacial score (nSPS) is 12.4. The summed E-state index contributed by atoms with van der Waals surface area (Å²) >= 11 is 0. The second kappa shape index (κ2) is 5.84. The van der Waals surface area contributed by atoms with E-state index in [2.05, 4.69) is 5.32 Å². The van der Waals surface area contributed by atoms with E-state index in [1.54, 1.807) is 0 Å². The maximum atomic E-state index is 11.0. The molecule has 0 spiro atoms. The summed E-state index contributed by atoms with van der Waals surface area (Å²) in [6.07, 6.45) is 0. The Kier molecular flexibility index (Phi) is 4.87. The Morgan fingerprint density at radius 3 is 1.89 bits per heavy atom. The molecule has 0 fully saturated rings. The second-order valence-corrected chi connectivity index (χ2v) is 6.33. The maximum Gasteiger partial charge on any atom is 0.294 e. The van der Waals surface area contributed by atoms with Crippen molar-refractivity contribution in [1.82, 2.24) is 5.32 Å². The van der Waals surface area contributed by atoms with E-state index in [9.17, 15) is 16.8 Å². The third-order valence-electron chi connectivity index (χ3n) is 2.04. The highest BCUT2D eigenvalue weighted by Crippen LogP contribution is 2.23. The highest BCUT2D eigenvalue weighted by molar-refractivity contribution is 7.86. The van der Waals surface area contributed by atoms with Crippen molar-refractivity contribution in [2.24, 2.45) is 0 Å². The molecule has 0 bridgehead atoms. The fourth-order valence-electron chi connectivity index (χ4n) is 1.16. The van der Waals surface area contributed by atoms with Crippen LogP contribution in [0.15, 0.2) is 28.0 Å². The fraction of sp³-hybridized carbons (Fsp3) is 0.333. The molecule has 19 heavy (non-hydrogen) atoms. The molecule has 1 aromatic carbocycles. The van der Waals surface area contributed by atoms with Crippen LogP contribution in [0, 0.1) is 0 Å². The summed E-state index contributed by atoms with van der Waals surface area (Å²) in [6, 6.07) is 2.52. The van der Waals surface area contributed by atoms with Crippen LogP contribution in [0.5, 0.6) is 5.75 Å². The molecule has 10 heteroatoms. The number of ether oxygens (including phenoxy) is 1. The van der Waals surface area contributed by atoms with Crippen molar-refractivity contribution in [3.05, 3.63) is 18.2 Å². The molecule has 0 atom stereocenters. The van der Waals surface area contributed by atoms with Gasteiger partial charge in [-0.15, -0.1) is 0 Å². The minimum Gasteiger partial charge on any atom is -0.478 e. The number of hydrogen-bond donors (Lipinski definition) is 3. The zero-order chi connectivity index (χ0) is 14.7. The first kappa shape index (κ1) is 15.9. The molecule has 1 aromatic rings. The van der Waals surface area contributed by atoms with Crippen molar-refractivity contribution < 1.29 is 30.7 Å². The zero-order valence-corrected chi connectivity index (χ0v) is 11.5. The number of hydrogen-bond acceptors (Lipinski definition) is 6. The van der Waals surface area contributed by atoms with Gasteiger partial charge in [-0.2, -0.15) is 16.8 Å². The molecule has 0 amide bonds. The maximum absolute atomic E-state index is 11.0. The molecule has 8 nitrogen and oxygen atoms in total. The lowest BCUT2D eigenvalue weighted by Gasteiger charge is -2.09. The summed E-state index contributed by atoms with van der Waals surface area (Å²) in [7, 11) is -9.23. The molecule has 0 radical (unpaired) electrons. The molecule has 0 aromatic heterocycles. The molecule has 0 saturated heterocycles. The Morgan fingerprint density at radius 2 is 1.53 bits per heavy atom. The van der Waals surface area contributed by atoms with E-state index >= 15 is 0 Å². The van der Waals surface area contributed by atoms with Gasteiger partial charge in [0.25, 0.3) is 20.2 Å². The van der Waals surface area contributed by atoms with Crippen LogP contribution in [0.2, 0.25) is 0 Å². The van der Waals surface area contributed by atoms with Gasteiger partial charge in [-0.1, -0.05) is 6.92 Å². The summed E-state index contributed by atoms with van der Waals surface area (Å²) in [5.74, 6) is -0.122. The lowest BCUT2D eigenvalue weighted by Crippen LogP contribution is -2.19. The molecular weight excluding hydrogens is 298 g/mol. The first-order valence-corrected chi connectivity index (χ1v) is 7.96. The van der Waals surface area contributed by atoms with E-state index in [1.807, 2.05) is 6.92 Å². The van der Waals surface area contributed by atoms with Crippen LogP contribution >= 0.6 is 0 Å². The Morgan fingerprint density at radius 1 is 1.05 bits per heavy atom. The van der Waals surface area contributed by atoms with E-state index < -0.39 is 30.0 Å². The van der Waals surface area contributed by atoms with Gasteiger partial charge < -0.3 is 4.74 Å². The Hall–Kier alpha value is -1.20. The quantitative estimate of drug-likeness (QED) is 0.384. The predicted molar refractivity (Wildman–Crippen MR) is 65.2 cm³/mol. The van der Waals surface area contributed by atoms with Gasteiger partial charge in [-0.3, -0.25) is 14.4 Å². The van der Waals surface area contributed by atoms with Crippen LogP contribution in [0.25, 0.3) is 0 Å². The average Bonchev–Trinajstić information content (AvgIpc) is 2.27. The van der Waals surface area contributed by atoms with Gasteiger partial charge in [0.2, 0.25) is 0 Å². The van der Waals surface area contributed by atoms with Gasteiger partial charge >= 0.3 is 0 Å². The lowest BCUT2D eigenvalue weighted by molar-refractivity contribution is 0.285. The average molecular weight is 311 g/mol. The van der Waals surface area contributed by atoms with E-state index in [0.717, 1.165) is 12.1 Å². The van der Waals surface area contributed by atoms with Gasteiger partial charge in [0.1, 0.15) is 12.5 Å². The van der Waals surface area contributed by atoms with E-state index in [-0.39, 0.29) is 12.5 Å². The minimum absolute atomic E-state index is 0.0103. The number of rotatable bonds is 6. The van der Waals surface area contributed by atoms with E-state index in [0.29, 0.717) is 12.6 Å². The first-order valence-electron chi connectivity index (χ1n) is 5.08. The van der Waals surface area contributed by atoms with Gasteiger partial charge in [-0.25, -0.2) is 0 Å². The van der Waals surface area contributed by atoms with Crippen molar-refractivity contribution in [3.63, 3.8) is 0 Å². The van der Waals surface area contributed by atoms with Gasteiger partial charge in [-0.05, 0) is 12.6 Å². The van der Waals surface area contributed by atoms with Crippen LogP contribution in [0.4, 0.5) is 0 Å². The van der Waals surface area contributed by atoms with Crippen LogP contribution in [0.1, 0.15) is 6.92 Å². The number of nitrogens with one attached hydrogen (secondary N) is 1. The SMILES string of the molecule is CCNCOc1cc(S(=O)(=O)O)cc(S(=O)(=O)O)c1. The lowest BCUT2D eigenvalue weighted by atomic mass is 10.3. The molecule has 1 rings (SSSR count). The standard InChI is InChI=1S/C9H13NO7S2/c1-2-10-6-17-7-3-8(18(11,12)13)5-9(4-7)19(14,15)16/h3-5,10H,2,6H2,1H3,(H,11,12,13)(H,14,15,16). The highest BCUT2D eigenvalue weighted by atomic mass is 32.2. The number of benzene rings is 1. The molecular formula is C9H13NO7S2. The molecule has 3 N–H and O–H groups in total. The second-order valence-electron chi connectivity index (χ2n) is 3.48. The third-order valence-corrected chi connectivity index (χ3v) is 3.70. The highest BCUT2D eigenvalue weighted by Gasteiger charge is 2.18. The Labute approximate surface area is 110 Å². The summed E-state index contributed by atoms with van der Waals surface area (Å²) in [5, 5.41) is 2.77. The topological polar surface area (TPSA) is 130 Å². The molecule has 0 aliphatic rings. The molecule has 0 heterocycles. The minimum atomic E-state index is -4.61. The molecule has 0 aliphatic carbocycles.